The van der Waals surface area contributed by atoms with Crippen molar-refractivity contribution >= 4 is 34.1 Å². The molecule has 0 fully saturated rings. The van der Waals surface area contributed by atoms with Gasteiger partial charge < -0.3 is 4.74 Å². The van der Waals surface area contributed by atoms with Crippen LogP contribution in [-0.2, 0) is 4.79 Å². The molecule has 0 atom stereocenters. The Kier molecular flexibility index (Phi) is 5.01. The third-order valence-electron chi connectivity index (χ3n) is 2.84. The Labute approximate surface area is 145 Å². The number of hydrogen-bond donors (Lipinski definition) is 1. The molecule has 2 aromatic heterocycles. The molecule has 0 aliphatic carbocycles. The van der Waals surface area contributed by atoms with Gasteiger partial charge in [0.25, 0.3) is 0 Å². The van der Waals surface area contributed by atoms with Crippen molar-refractivity contribution in [3.05, 3.63) is 29.3 Å². The summed E-state index contributed by atoms with van der Waals surface area (Å²) in [6.45, 7) is 1.82. The summed E-state index contributed by atoms with van der Waals surface area (Å²) in [6, 6.07) is 7.34. The van der Waals surface area contributed by atoms with Gasteiger partial charge in [-0.3, -0.25) is 10.1 Å². The number of thioether (sulfide) groups is 1. The van der Waals surface area contributed by atoms with E-state index in [0.717, 1.165) is 10.7 Å². The van der Waals surface area contributed by atoms with Gasteiger partial charge in [-0.25, -0.2) is 0 Å². The number of rotatable bonds is 6. The number of aromatic nitrogens is 6. The third-order valence-corrected chi connectivity index (χ3v) is 4.52. The van der Waals surface area contributed by atoms with Gasteiger partial charge in [-0.2, -0.15) is 4.68 Å². The lowest BCUT2D eigenvalue weighted by atomic mass is 10.3. The number of hydrogen-bond acceptors (Lipinski definition) is 9. The van der Waals surface area contributed by atoms with Gasteiger partial charge >= 0.3 is 0 Å². The van der Waals surface area contributed by atoms with Crippen molar-refractivity contribution in [2.24, 2.45) is 0 Å². The minimum Gasteiger partial charge on any atom is -0.497 e. The number of carbonyl (C=O) groups excluding carboxylic acids is 1. The molecule has 0 aliphatic heterocycles. The molecule has 3 aromatic rings. The smallest absolute Gasteiger partial charge is 0.236 e. The molecule has 0 spiro atoms. The first kappa shape index (κ1) is 16.3. The highest BCUT2D eigenvalue weighted by Crippen LogP contribution is 2.21. The predicted molar refractivity (Wildman–Crippen MR) is 89.7 cm³/mol. The summed E-state index contributed by atoms with van der Waals surface area (Å²) in [5.41, 5.74) is 0.752. The number of nitrogens with one attached hydrogen (secondary N) is 1. The van der Waals surface area contributed by atoms with Crippen LogP contribution in [0, 0.1) is 6.92 Å². The molecule has 0 unspecified atom stereocenters. The molecule has 0 saturated heterocycles. The van der Waals surface area contributed by atoms with Gasteiger partial charge in [0.15, 0.2) is 0 Å². The molecule has 0 bridgehead atoms. The van der Waals surface area contributed by atoms with E-state index in [9.17, 15) is 4.79 Å². The summed E-state index contributed by atoms with van der Waals surface area (Å²) in [7, 11) is 1.59. The summed E-state index contributed by atoms with van der Waals surface area (Å²) < 4.78 is 6.75. The summed E-state index contributed by atoms with van der Waals surface area (Å²) in [4.78, 5) is 12.0. The second-order valence-corrected chi connectivity index (χ2v) is 6.66. The van der Waals surface area contributed by atoms with Gasteiger partial charge in [-0.1, -0.05) is 29.2 Å². The van der Waals surface area contributed by atoms with Crippen molar-refractivity contribution in [2.75, 3.05) is 18.2 Å². The fourth-order valence-corrected chi connectivity index (χ4v) is 3.10. The van der Waals surface area contributed by atoms with Gasteiger partial charge in [0.05, 0.1) is 18.6 Å². The van der Waals surface area contributed by atoms with Crippen LogP contribution >= 0.6 is 23.1 Å². The third kappa shape index (κ3) is 3.86. The number of benzene rings is 1. The maximum Gasteiger partial charge on any atom is 0.236 e. The van der Waals surface area contributed by atoms with Crippen molar-refractivity contribution in [3.63, 3.8) is 0 Å². The number of methoxy groups -OCH3 is 1. The normalized spacial score (nSPS) is 10.6. The number of carbonyl (C=O) groups is 1. The Morgan fingerprint density at radius 3 is 3.00 bits per heavy atom. The average Bonchev–Trinajstić information content (AvgIpc) is 3.22. The van der Waals surface area contributed by atoms with Crippen LogP contribution in [0.3, 0.4) is 0 Å². The van der Waals surface area contributed by atoms with Crippen molar-refractivity contribution in [2.45, 2.75) is 12.1 Å². The molecule has 124 valence electrons. The van der Waals surface area contributed by atoms with E-state index in [1.807, 2.05) is 31.2 Å². The molecule has 3 rings (SSSR count). The zero-order valence-corrected chi connectivity index (χ0v) is 14.5. The maximum absolute atomic E-state index is 12.0. The van der Waals surface area contributed by atoms with Gasteiger partial charge in [-0.15, -0.1) is 15.3 Å². The van der Waals surface area contributed by atoms with Crippen LogP contribution in [0.2, 0.25) is 0 Å². The van der Waals surface area contributed by atoms with Crippen LogP contribution in [0.1, 0.15) is 5.01 Å². The Balaban J connectivity index is 1.66. The fourth-order valence-electron chi connectivity index (χ4n) is 1.81. The molecule has 1 amide bonds. The van der Waals surface area contributed by atoms with Crippen LogP contribution in [0.5, 0.6) is 5.75 Å². The molecule has 1 aromatic carbocycles. The van der Waals surface area contributed by atoms with E-state index in [2.05, 4.69) is 31.0 Å². The van der Waals surface area contributed by atoms with Crippen molar-refractivity contribution < 1.29 is 9.53 Å². The first-order valence-electron chi connectivity index (χ1n) is 6.81. The zero-order valence-electron chi connectivity index (χ0n) is 12.8. The minimum absolute atomic E-state index is 0.156. The maximum atomic E-state index is 12.0. The standard InChI is InChI=1S/C13H13N7O2S2/c1-8-15-16-12(24-8)14-11(21)7-23-13-17-18-19-20(13)9-4-3-5-10(6-9)22-2/h3-6H,7H2,1-2H3,(H,14,16,21). The predicted octanol–water partition coefficient (Wildman–Crippen LogP) is 1.56. The van der Waals surface area contributed by atoms with Crippen LogP contribution in [-0.4, -0.2) is 49.2 Å². The molecule has 11 heteroatoms. The van der Waals surface area contributed by atoms with Gasteiger partial charge in [0.1, 0.15) is 10.8 Å². The van der Waals surface area contributed by atoms with E-state index >= 15 is 0 Å². The molecule has 1 N–H and O–H groups in total. The van der Waals surface area contributed by atoms with E-state index in [4.69, 9.17) is 4.74 Å². The molecule has 2 heterocycles. The Morgan fingerprint density at radius 2 is 2.25 bits per heavy atom. The fraction of sp³-hybridized carbons (Fsp3) is 0.231. The largest absolute Gasteiger partial charge is 0.497 e. The van der Waals surface area contributed by atoms with Crippen LogP contribution < -0.4 is 10.1 Å². The topological polar surface area (TPSA) is 108 Å². The number of aryl methyl sites for hydroxylation is 1. The lowest BCUT2D eigenvalue weighted by Gasteiger charge is -2.06. The SMILES string of the molecule is COc1cccc(-n2nnnc2SCC(=O)Nc2nnc(C)s2)c1. The molecular weight excluding hydrogens is 350 g/mol. The van der Waals surface area contributed by atoms with E-state index in [0.29, 0.717) is 16.0 Å². The summed E-state index contributed by atoms with van der Waals surface area (Å²) >= 11 is 2.55. The van der Waals surface area contributed by atoms with E-state index in [1.54, 1.807) is 11.8 Å². The van der Waals surface area contributed by atoms with Crippen LogP contribution in [0.4, 0.5) is 5.13 Å². The summed E-state index contributed by atoms with van der Waals surface area (Å²) in [5, 5.41) is 23.7. The van der Waals surface area contributed by atoms with Crippen molar-refractivity contribution in [1.82, 2.24) is 30.4 Å². The molecule has 0 aliphatic rings. The number of ether oxygens (including phenoxy) is 1. The summed E-state index contributed by atoms with van der Waals surface area (Å²) in [6.07, 6.45) is 0. The number of tetrazole rings is 1. The van der Waals surface area contributed by atoms with E-state index in [-0.39, 0.29) is 11.7 Å². The molecule has 9 nitrogen and oxygen atoms in total. The van der Waals surface area contributed by atoms with E-state index in [1.165, 1.54) is 23.1 Å². The highest BCUT2D eigenvalue weighted by Gasteiger charge is 2.13. The minimum atomic E-state index is -0.198. The zero-order chi connectivity index (χ0) is 16.9. The van der Waals surface area contributed by atoms with Crippen molar-refractivity contribution in [3.8, 4) is 11.4 Å². The highest BCUT2D eigenvalue weighted by atomic mass is 32.2. The Hall–Kier alpha value is -2.53. The Morgan fingerprint density at radius 1 is 1.38 bits per heavy atom. The molecule has 0 radical (unpaired) electrons. The first-order chi connectivity index (χ1) is 11.7. The quantitative estimate of drug-likeness (QED) is 0.658. The summed E-state index contributed by atoms with van der Waals surface area (Å²) in [5.74, 6) is 0.655. The highest BCUT2D eigenvalue weighted by molar-refractivity contribution is 7.99. The number of nitrogens with zero attached hydrogens (tertiary/aromatic N) is 6. The molecule has 0 saturated carbocycles. The number of anilines is 1. The van der Waals surface area contributed by atoms with E-state index < -0.39 is 0 Å². The second kappa shape index (κ2) is 7.36. The second-order valence-electron chi connectivity index (χ2n) is 4.54. The van der Waals surface area contributed by atoms with Gasteiger partial charge in [-0.05, 0) is 29.5 Å². The van der Waals surface area contributed by atoms with Gasteiger partial charge in [0, 0.05) is 6.07 Å². The Bertz CT molecular complexity index is 848. The van der Waals surface area contributed by atoms with Gasteiger partial charge in [0.2, 0.25) is 16.2 Å². The van der Waals surface area contributed by atoms with Crippen molar-refractivity contribution in [1.29, 1.82) is 0 Å². The van der Waals surface area contributed by atoms with Crippen LogP contribution in [0.15, 0.2) is 29.4 Å². The average molecular weight is 363 g/mol. The van der Waals surface area contributed by atoms with Crippen LogP contribution in [0.25, 0.3) is 5.69 Å². The molecule has 24 heavy (non-hydrogen) atoms. The lowest BCUT2D eigenvalue weighted by Crippen LogP contribution is -2.14. The lowest BCUT2D eigenvalue weighted by molar-refractivity contribution is -0.113. The first-order valence-corrected chi connectivity index (χ1v) is 8.61. The monoisotopic (exact) mass is 363 g/mol. The number of amides is 1. The molecular formula is C13H13N7O2S2.